The van der Waals surface area contributed by atoms with Gasteiger partial charge in [-0.15, -0.1) is 0 Å². The van der Waals surface area contributed by atoms with E-state index >= 15 is 0 Å². The van der Waals surface area contributed by atoms with Crippen molar-refractivity contribution in [2.75, 3.05) is 6.54 Å². The molecule has 0 amide bonds. The van der Waals surface area contributed by atoms with Crippen LogP contribution in [0.4, 0.5) is 4.39 Å². The predicted molar refractivity (Wildman–Crippen MR) is 72.1 cm³/mol. The normalized spacial score (nSPS) is 12.2. The minimum Gasteiger partial charge on any atom is -0.460 e. The van der Waals surface area contributed by atoms with E-state index in [9.17, 15) is 17.6 Å². The van der Waals surface area contributed by atoms with E-state index in [0.717, 1.165) is 24.3 Å². The molecule has 7 heteroatoms. The maximum Gasteiger partial charge on any atom is 0.307 e. The molecule has 0 unspecified atom stereocenters. The van der Waals surface area contributed by atoms with Crippen molar-refractivity contribution in [1.82, 2.24) is 4.72 Å². The first-order valence-electron chi connectivity index (χ1n) is 6.07. The maximum absolute atomic E-state index is 12.7. The highest BCUT2D eigenvalue weighted by Gasteiger charge is 2.18. The van der Waals surface area contributed by atoms with Crippen LogP contribution in [0.2, 0.25) is 0 Å². The Kier molecular flexibility index (Phi) is 5.24. The lowest BCUT2D eigenvalue weighted by molar-refractivity contribution is -0.154. The average Bonchev–Trinajstić information content (AvgIpc) is 2.26. The molecule has 0 aliphatic heterocycles. The molecular weight excluding hydrogens is 285 g/mol. The summed E-state index contributed by atoms with van der Waals surface area (Å²) in [6, 6.07) is 4.43. The summed E-state index contributed by atoms with van der Waals surface area (Å²) in [5.41, 5.74) is -0.604. The summed E-state index contributed by atoms with van der Waals surface area (Å²) in [7, 11) is -3.74. The van der Waals surface area contributed by atoms with Gasteiger partial charge in [-0.2, -0.15) is 0 Å². The number of hydrogen-bond donors (Lipinski definition) is 1. The van der Waals surface area contributed by atoms with Gasteiger partial charge in [-0.25, -0.2) is 17.5 Å². The monoisotopic (exact) mass is 303 g/mol. The summed E-state index contributed by atoms with van der Waals surface area (Å²) in [6.45, 7) is 5.11. The fourth-order valence-corrected chi connectivity index (χ4v) is 2.41. The Hall–Kier alpha value is -1.47. The van der Waals surface area contributed by atoms with Gasteiger partial charge in [-0.05, 0) is 45.0 Å². The van der Waals surface area contributed by atoms with Crippen molar-refractivity contribution in [3.8, 4) is 0 Å². The van der Waals surface area contributed by atoms with E-state index in [1.165, 1.54) is 0 Å². The smallest absolute Gasteiger partial charge is 0.307 e. The number of halogens is 1. The van der Waals surface area contributed by atoms with Gasteiger partial charge in [-0.3, -0.25) is 4.79 Å². The SMILES string of the molecule is CC(C)(C)OC(=O)CCNS(=O)(=O)c1ccc(F)cc1. The largest absolute Gasteiger partial charge is 0.460 e. The zero-order valence-corrected chi connectivity index (χ0v) is 12.5. The third-order valence-corrected chi connectivity index (χ3v) is 3.64. The van der Waals surface area contributed by atoms with Crippen LogP contribution in [-0.4, -0.2) is 26.5 Å². The summed E-state index contributed by atoms with van der Waals surface area (Å²) in [5.74, 6) is -1.00. The second-order valence-electron chi connectivity index (χ2n) is 5.19. The molecule has 0 saturated carbocycles. The molecule has 0 heterocycles. The Balaban J connectivity index is 2.53. The number of sulfonamides is 1. The molecule has 20 heavy (non-hydrogen) atoms. The van der Waals surface area contributed by atoms with Gasteiger partial charge in [0.1, 0.15) is 11.4 Å². The Morgan fingerprint density at radius 1 is 1.25 bits per heavy atom. The molecule has 1 N–H and O–H groups in total. The highest BCUT2D eigenvalue weighted by atomic mass is 32.2. The number of benzene rings is 1. The zero-order valence-electron chi connectivity index (χ0n) is 11.6. The number of carbonyl (C=O) groups is 1. The number of esters is 1. The van der Waals surface area contributed by atoms with Gasteiger partial charge in [0.15, 0.2) is 0 Å². The van der Waals surface area contributed by atoms with Gasteiger partial charge >= 0.3 is 5.97 Å². The van der Waals surface area contributed by atoms with Crippen LogP contribution in [0, 0.1) is 5.82 Å². The van der Waals surface area contributed by atoms with E-state index < -0.39 is 27.4 Å². The lowest BCUT2D eigenvalue weighted by atomic mass is 10.2. The fraction of sp³-hybridized carbons (Fsp3) is 0.462. The van der Waals surface area contributed by atoms with Gasteiger partial charge in [0.05, 0.1) is 11.3 Å². The van der Waals surface area contributed by atoms with Crippen LogP contribution in [-0.2, 0) is 19.6 Å². The summed E-state index contributed by atoms with van der Waals surface area (Å²) in [6.07, 6.45) is -0.0717. The number of rotatable bonds is 5. The van der Waals surface area contributed by atoms with Crippen LogP contribution in [0.25, 0.3) is 0 Å². The van der Waals surface area contributed by atoms with Crippen molar-refractivity contribution in [2.45, 2.75) is 37.7 Å². The molecule has 1 rings (SSSR count). The average molecular weight is 303 g/mol. The lowest BCUT2D eigenvalue weighted by Crippen LogP contribution is -2.29. The molecule has 0 bridgehead atoms. The van der Waals surface area contributed by atoms with Crippen molar-refractivity contribution >= 4 is 16.0 Å². The van der Waals surface area contributed by atoms with Crippen molar-refractivity contribution in [3.63, 3.8) is 0 Å². The Bertz CT molecular complexity index is 561. The highest BCUT2D eigenvalue weighted by Crippen LogP contribution is 2.10. The molecule has 1 aromatic rings. The summed E-state index contributed by atoms with van der Waals surface area (Å²) in [5, 5.41) is 0. The van der Waals surface area contributed by atoms with E-state index in [2.05, 4.69) is 4.72 Å². The van der Waals surface area contributed by atoms with Crippen LogP contribution in [0.5, 0.6) is 0 Å². The standard InChI is InChI=1S/C13H18FNO4S/c1-13(2,3)19-12(16)8-9-15-20(17,18)11-6-4-10(14)5-7-11/h4-7,15H,8-9H2,1-3H3. The topological polar surface area (TPSA) is 72.5 Å². The van der Waals surface area contributed by atoms with Crippen molar-refractivity contribution in [1.29, 1.82) is 0 Å². The van der Waals surface area contributed by atoms with Crippen molar-refractivity contribution in [2.24, 2.45) is 0 Å². The third-order valence-electron chi connectivity index (χ3n) is 2.17. The summed E-state index contributed by atoms with van der Waals surface area (Å²) < 4.78 is 43.7. The van der Waals surface area contributed by atoms with Gasteiger partial charge in [-0.1, -0.05) is 0 Å². The number of carbonyl (C=O) groups excluding carboxylic acids is 1. The molecule has 0 saturated heterocycles. The van der Waals surface area contributed by atoms with Crippen LogP contribution in [0.15, 0.2) is 29.2 Å². The van der Waals surface area contributed by atoms with E-state index in [1.807, 2.05) is 0 Å². The first-order valence-corrected chi connectivity index (χ1v) is 7.55. The van der Waals surface area contributed by atoms with E-state index in [1.54, 1.807) is 20.8 Å². The van der Waals surface area contributed by atoms with Crippen LogP contribution < -0.4 is 4.72 Å². The second-order valence-corrected chi connectivity index (χ2v) is 6.96. The third kappa shape index (κ3) is 5.66. The van der Waals surface area contributed by atoms with Crippen LogP contribution in [0.1, 0.15) is 27.2 Å². The second kappa shape index (κ2) is 6.32. The Morgan fingerprint density at radius 2 is 1.80 bits per heavy atom. The minimum absolute atomic E-state index is 0.0527. The molecule has 1 aromatic carbocycles. The lowest BCUT2D eigenvalue weighted by Gasteiger charge is -2.19. The molecule has 0 aliphatic carbocycles. The Morgan fingerprint density at radius 3 is 2.30 bits per heavy atom. The molecular formula is C13H18FNO4S. The molecule has 0 atom stereocenters. The zero-order chi connectivity index (χ0) is 15.4. The fourth-order valence-electron chi connectivity index (χ4n) is 1.38. The molecule has 5 nitrogen and oxygen atoms in total. The first-order chi connectivity index (χ1) is 9.10. The first kappa shape index (κ1) is 16.6. The number of hydrogen-bond acceptors (Lipinski definition) is 4. The molecule has 0 spiro atoms. The minimum atomic E-state index is -3.74. The highest BCUT2D eigenvalue weighted by molar-refractivity contribution is 7.89. The van der Waals surface area contributed by atoms with Crippen molar-refractivity contribution < 1.29 is 22.3 Å². The number of ether oxygens (including phenoxy) is 1. The summed E-state index contributed by atoms with van der Waals surface area (Å²) in [4.78, 5) is 11.4. The van der Waals surface area contributed by atoms with E-state index in [-0.39, 0.29) is 17.9 Å². The molecule has 0 radical (unpaired) electrons. The predicted octanol–water partition coefficient (Wildman–Crippen LogP) is 1.84. The van der Waals surface area contributed by atoms with E-state index in [0.29, 0.717) is 0 Å². The van der Waals surface area contributed by atoms with E-state index in [4.69, 9.17) is 4.74 Å². The Labute approximate surface area is 118 Å². The number of nitrogens with one attached hydrogen (secondary N) is 1. The van der Waals surface area contributed by atoms with Gasteiger partial charge in [0.25, 0.3) is 0 Å². The molecule has 0 aromatic heterocycles. The molecule has 0 fully saturated rings. The van der Waals surface area contributed by atoms with Crippen molar-refractivity contribution in [3.05, 3.63) is 30.1 Å². The van der Waals surface area contributed by atoms with Crippen LogP contribution >= 0.6 is 0 Å². The van der Waals surface area contributed by atoms with Gasteiger partial charge in [0, 0.05) is 6.54 Å². The summed E-state index contributed by atoms with van der Waals surface area (Å²) >= 11 is 0. The van der Waals surface area contributed by atoms with Crippen LogP contribution in [0.3, 0.4) is 0 Å². The van der Waals surface area contributed by atoms with Gasteiger partial charge in [0.2, 0.25) is 10.0 Å². The van der Waals surface area contributed by atoms with Gasteiger partial charge < -0.3 is 4.74 Å². The molecule has 112 valence electrons. The quantitative estimate of drug-likeness (QED) is 0.842. The molecule has 0 aliphatic rings. The maximum atomic E-state index is 12.7.